The second-order valence-electron chi connectivity index (χ2n) is 5.55. The third kappa shape index (κ3) is 3.33. The van der Waals surface area contributed by atoms with E-state index in [9.17, 15) is 9.18 Å². The van der Waals surface area contributed by atoms with Gasteiger partial charge >= 0.3 is 0 Å². The minimum atomic E-state index is -0.532. The number of hydrogen-bond acceptors (Lipinski definition) is 4. The zero-order valence-corrected chi connectivity index (χ0v) is 14.0. The first-order chi connectivity index (χ1) is 11.6. The van der Waals surface area contributed by atoms with Crippen molar-refractivity contribution in [2.45, 2.75) is 25.9 Å². The molecule has 7 heteroatoms. The van der Waals surface area contributed by atoms with Crippen molar-refractivity contribution in [2.75, 3.05) is 13.1 Å². The summed E-state index contributed by atoms with van der Waals surface area (Å²) in [6, 6.07) is 6.92. The van der Waals surface area contributed by atoms with Gasteiger partial charge in [0.15, 0.2) is 0 Å². The Balaban J connectivity index is 1.68. The second-order valence-corrected chi connectivity index (χ2v) is 5.96. The number of halogens is 2. The Morgan fingerprint density at radius 2 is 2.21 bits per heavy atom. The highest BCUT2D eigenvalue weighted by Crippen LogP contribution is 2.23. The minimum Gasteiger partial charge on any atom is -0.470 e. The van der Waals surface area contributed by atoms with Crippen LogP contribution in [0.15, 0.2) is 30.6 Å². The minimum absolute atomic E-state index is 0.0566. The van der Waals surface area contributed by atoms with Crippen molar-refractivity contribution in [3.8, 4) is 5.88 Å². The summed E-state index contributed by atoms with van der Waals surface area (Å²) in [5, 5.41) is 0.418. The van der Waals surface area contributed by atoms with E-state index in [1.54, 1.807) is 29.2 Å². The lowest BCUT2D eigenvalue weighted by molar-refractivity contribution is 0.0770. The number of ether oxygens (including phenoxy) is 1. The molecule has 2 heterocycles. The molecule has 24 heavy (non-hydrogen) atoms. The summed E-state index contributed by atoms with van der Waals surface area (Å²) in [5.41, 5.74) is 0.781. The molecule has 0 saturated carbocycles. The van der Waals surface area contributed by atoms with Gasteiger partial charge in [0.1, 0.15) is 12.4 Å². The van der Waals surface area contributed by atoms with Gasteiger partial charge in [0.2, 0.25) is 5.82 Å². The Kier molecular flexibility index (Phi) is 4.94. The summed E-state index contributed by atoms with van der Waals surface area (Å²) in [6.07, 6.45) is 2.07. The van der Waals surface area contributed by atoms with E-state index in [4.69, 9.17) is 16.3 Å². The smallest absolute Gasteiger partial charge is 0.255 e. The van der Waals surface area contributed by atoms with Crippen molar-refractivity contribution in [3.63, 3.8) is 0 Å². The van der Waals surface area contributed by atoms with E-state index in [1.807, 2.05) is 6.92 Å². The Labute approximate surface area is 144 Å². The van der Waals surface area contributed by atoms with Gasteiger partial charge in [0.05, 0.1) is 22.8 Å². The molecule has 1 amide bonds. The van der Waals surface area contributed by atoms with Gasteiger partial charge < -0.3 is 9.64 Å². The number of likely N-dealkylation sites (tertiary alicyclic amines) is 1. The lowest BCUT2D eigenvalue weighted by Crippen LogP contribution is -2.31. The van der Waals surface area contributed by atoms with Crippen molar-refractivity contribution >= 4 is 17.5 Å². The maximum Gasteiger partial charge on any atom is 0.255 e. The van der Waals surface area contributed by atoms with Crippen LogP contribution in [0.3, 0.4) is 0 Å². The van der Waals surface area contributed by atoms with Crippen LogP contribution in [-0.2, 0) is 6.42 Å². The number of carbonyl (C=O) groups is 1. The zero-order valence-electron chi connectivity index (χ0n) is 13.2. The number of rotatable bonds is 4. The molecule has 1 aliphatic rings. The molecular formula is C17H17ClFN3O2. The lowest BCUT2D eigenvalue weighted by atomic mass is 10.2. The largest absolute Gasteiger partial charge is 0.470 e. The van der Waals surface area contributed by atoms with Gasteiger partial charge in [-0.1, -0.05) is 30.7 Å². The van der Waals surface area contributed by atoms with Crippen LogP contribution in [0.25, 0.3) is 0 Å². The fourth-order valence-corrected chi connectivity index (χ4v) is 2.90. The fraction of sp³-hybridized carbons (Fsp3) is 0.353. The van der Waals surface area contributed by atoms with Gasteiger partial charge in [-0.05, 0) is 18.6 Å². The molecule has 1 aromatic heterocycles. The number of aromatic nitrogens is 2. The topological polar surface area (TPSA) is 55.3 Å². The van der Waals surface area contributed by atoms with Gasteiger partial charge in [-0.25, -0.2) is 4.98 Å². The molecule has 0 radical (unpaired) electrons. The summed E-state index contributed by atoms with van der Waals surface area (Å²) in [6.45, 7) is 2.71. The van der Waals surface area contributed by atoms with Gasteiger partial charge in [0.25, 0.3) is 11.8 Å². The lowest BCUT2D eigenvalue weighted by Gasteiger charge is -2.18. The molecule has 5 nitrogen and oxygen atoms in total. The fourth-order valence-electron chi connectivity index (χ4n) is 2.69. The third-order valence-corrected chi connectivity index (χ3v) is 4.31. The van der Waals surface area contributed by atoms with Crippen molar-refractivity contribution in [1.82, 2.24) is 14.9 Å². The predicted octanol–water partition coefficient (Wildman–Crippen LogP) is 3.13. The SMILES string of the molecule is CCc1ncnc(O[C@H]2CCN(C(=O)c3ccccc3Cl)C2)c1F. The van der Waals surface area contributed by atoms with Crippen molar-refractivity contribution in [2.24, 2.45) is 0 Å². The number of amides is 1. The molecule has 2 aromatic rings. The van der Waals surface area contributed by atoms with E-state index in [0.717, 1.165) is 0 Å². The maximum absolute atomic E-state index is 14.2. The van der Waals surface area contributed by atoms with Crippen LogP contribution in [0.4, 0.5) is 4.39 Å². The highest BCUT2D eigenvalue weighted by molar-refractivity contribution is 6.33. The average Bonchev–Trinajstić information content (AvgIpc) is 3.05. The van der Waals surface area contributed by atoms with Crippen LogP contribution >= 0.6 is 11.6 Å². The first-order valence-corrected chi connectivity index (χ1v) is 8.17. The van der Waals surface area contributed by atoms with E-state index in [1.165, 1.54) is 6.33 Å². The zero-order chi connectivity index (χ0) is 17.1. The number of aryl methyl sites for hydroxylation is 1. The van der Waals surface area contributed by atoms with Crippen LogP contribution in [0.1, 0.15) is 29.4 Å². The van der Waals surface area contributed by atoms with E-state index in [0.29, 0.717) is 42.2 Å². The summed E-state index contributed by atoms with van der Waals surface area (Å²) >= 11 is 6.07. The normalized spacial score (nSPS) is 17.1. The molecule has 1 aliphatic heterocycles. The first kappa shape index (κ1) is 16.6. The molecular weight excluding hydrogens is 333 g/mol. The van der Waals surface area contributed by atoms with Crippen molar-refractivity contribution in [1.29, 1.82) is 0 Å². The van der Waals surface area contributed by atoms with Crippen molar-refractivity contribution < 1.29 is 13.9 Å². The Morgan fingerprint density at radius 1 is 1.42 bits per heavy atom. The second kappa shape index (κ2) is 7.13. The first-order valence-electron chi connectivity index (χ1n) is 7.80. The molecule has 1 fully saturated rings. The van der Waals surface area contributed by atoms with E-state index in [-0.39, 0.29) is 17.9 Å². The number of nitrogens with zero attached hydrogens (tertiary/aromatic N) is 3. The van der Waals surface area contributed by atoms with Gasteiger partial charge in [0, 0.05) is 13.0 Å². The molecule has 1 aromatic carbocycles. The van der Waals surface area contributed by atoms with Crippen LogP contribution < -0.4 is 4.74 Å². The number of carbonyl (C=O) groups excluding carboxylic acids is 1. The van der Waals surface area contributed by atoms with Crippen LogP contribution in [0.2, 0.25) is 5.02 Å². The number of benzene rings is 1. The molecule has 0 bridgehead atoms. The summed E-state index contributed by atoms with van der Waals surface area (Å²) in [4.78, 5) is 21.9. The summed E-state index contributed by atoms with van der Waals surface area (Å²) in [7, 11) is 0. The number of hydrogen-bond donors (Lipinski definition) is 0. The highest BCUT2D eigenvalue weighted by atomic mass is 35.5. The average molecular weight is 350 g/mol. The predicted molar refractivity (Wildman–Crippen MR) is 87.8 cm³/mol. The van der Waals surface area contributed by atoms with Gasteiger partial charge in [-0.3, -0.25) is 4.79 Å². The Hall–Kier alpha value is -2.21. The van der Waals surface area contributed by atoms with E-state index in [2.05, 4.69) is 9.97 Å². The molecule has 1 atom stereocenters. The molecule has 3 rings (SSSR count). The molecule has 0 N–H and O–H groups in total. The van der Waals surface area contributed by atoms with Crippen LogP contribution in [0, 0.1) is 5.82 Å². The standard InChI is InChI=1S/C17H17ClFN3O2/c1-2-14-15(19)16(21-10-20-14)24-11-7-8-22(9-11)17(23)12-5-3-4-6-13(12)18/h3-6,10-11H,2,7-9H2,1H3/t11-/m0/s1. The monoisotopic (exact) mass is 349 g/mol. The Bertz CT molecular complexity index is 756. The summed E-state index contributed by atoms with van der Waals surface area (Å²) in [5.74, 6) is -0.737. The molecule has 126 valence electrons. The van der Waals surface area contributed by atoms with E-state index >= 15 is 0 Å². The van der Waals surface area contributed by atoms with Crippen LogP contribution in [0.5, 0.6) is 5.88 Å². The molecule has 0 spiro atoms. The van der Waals surface area contributed by atoms with Gasteiger partial charge in [-0.2, -0.15) is 9.37 Å². The molecule has 0 unspecified atom stereocenters. The molecule has 0 aliphatic carbocycles. The van der Waals surface area contributed by atoms with Gasteiger partial charge in [-0.15, -0.1) is 0 Å². The Morgan fingerprint density at radius 3 is 2.96 bits per heavy atom. The van der Waals surface area contributed by atoms with Crippen molar-refractivity contribution in [3.05, 3.63) is 52.7 Å². The van der Waals surface area contributed by atoms with Crippen LogP contribution in [-0.4, -0.2) is 40.0 Å². The quantitative estimate of drug-likeness (QED) is 0.851. The summed E-state index contributed by atoms with van der Waals surface area (Å²) < 4.78 is 19.8. The maximum atomic E-state index is 14.2. The van der Waals surface area contributed by atoms with E-state index < -0.39 is 5.82 Å². The molecule has 1 saturated heterocycles. The third-order valence-electron chi connectivity index (χ3n) is 3.98. The highest BCUT2D eigenvalue weighted by Gasteiger charge is 2.30.